The van der Waals surface area contributed by atoms with Crippen LogP contribution >= 0.6 is 0 Å². The fourth-order valence-corrected chi connectivity index (χ4v) is 1.11. The number of hydrogen-bond donors (Lipinski definition) is 5. The van der Waals surface area contributed by atoms with Crippen LogP contribution in [0.5, 0.6) is 0 Å². The molecule has 0 aliphatic carbocycles. The van der Waals surface area contributed by atoms with E-state index < -0.39 is 37.3 Å². The van der Waals surface area contributed by atoms with Crippen molar-refractivity contribution in [2.45, 2.75) is 30.7 Å². The Labute approximate surface area is 68.6 Å². The highest BCUT2D eigenvalue weighted by molar-refractivity contribution is 4.89. The molecule has 0 spiro atoms. The minimum absolute atomic E-state index is 0.596. The highest BCUT2D eigenvalue weighted by Gasteiger charge is 2.44. The van der Waals surface area contributed by atoms with Gasteiger partial charge in [0.1, 0.15) is 24.4 Å². The van der Waals surface area contributed by atoms with Crippen molar-refractivity contribution in [2.24, 2.45) is 0 Å². The molecule has 1 saturated heterocycles. The van der Waals surface area contributed by atoms with Gasteiger partial charge in [-0.05, 0) is 0 Å². The van der Waals surface area contributed by atoms with Crippen LogP contribution in [0.2, 0.25) is 0 Å². The van der Waals surface area contributed by atoms with Crippen LogP contribution in [0.15, 0.2) is 0 Å². The number of ether oxygens (including phenoxy) is 1. The number of aliphatic hydroxyl groups excluding tert-OH is 5. The quantitative estimate of drug-likeness (QED) is 0.306. The zero-order chi connectivity index (χ0) is 9.30. The highest BCUT2D eigenvalue weighted by Crippen LogP contribution is 2.21. The number of hydrogen-bond acceptors (Lipinski definition) is 6. The molecule has 0 radical (unpaired) electrons. The summed E-state index contributed by atoms with van der Waals surface area (Å²) in [5, 5.41) is 44.4. The monoisotopic (exact) mass is 180 g/mol. The maximum absolute atomic E-state index is 9.12. The fourth-order valence-electron chi connectivity index (χ4n) is 1.11. The van der Waals surface area contributed by atoms with Gasteiger partial charge in [0.2, 0.25) is 0 Å². The Bertz CT molecular complexity index is 151. The smallest absolute Gasteiger partial charge is 0.184 e. The first-order valence-corrected chi connectivity index (χ1v) is 3.56. The van der Waals surface area contributed by atoms with Crippen LogP contribution in [-0.4, -0.2) is 62.8 Å². The molecule has 1 aliphatic rings. The second-order valence-electron chi connectivity index (χ2n) is 2.72. The van der Waals surface area contributed by atoms with Gasteiger partial charge < -0.3 is 30.3 Å². The lowest BCUT2D eigenvalue weighted by Gasteiger charge is -2.18. The van der Waals surface area contributed by atoms with Crippen molar-refractivity contribution < 1.29 is 30.3 Å². The van der Waals surface area contributed by atoms with Crippen LogP contribution in [-0.2, 0) is 4.74 Å². The van der Waals surface area contributed by atoms with Gasteiger partial charge in [-0.1, -0.05) is 0 Å². The Morgan fingerprint density at radius 2 is 1.75 bits per heavy atom. The predicted molar refractivity (Wildman–Crippen MR) is 36.0 cm³/mol. The molecule has 1 aliphatic heterocycles. The first kappa shape index (κ1) is 9.85. The molecule has 0 saturated carbocycles. The lowest BCUT2D eigenvalue weighted by atomic mass is 10.1. The summed E-state index contributed by atoms with van der Waals surface area (Å²) in [7, 11) is 0. The van der Waals surface area contributed by atoms with E-state index in [2.05, 4.69) is 4.74 Å². The molecular weight excluding hydrogens is 168 g/mol. The van der Waals surface area contributed by atoms with E-state index in [0.29, 0.717) is 0 Å². The van der Waals surface area contributed by atoms with E-state index in [-0.39, 0.29) is 0 Å². The molecule has 0 bridgehead atoms. The fraction of sp³-hybridized carbons (Fsp3) is 1.00. The summed E-state index contributed by atoms with van der Waals surface area (Å²) in [4.78, 5) is 0. The van der Waals surface area contributed by atoms with Crippen LogP contribution in [0.4, 0.5) is 0 Å². The molecular formula is C6H12O6. The van der Waals surface area contributed by atoms with Gasteiger partial charge in [-0.3, -0.25) is 0 Å². The molecule has 1 heterocycles. The van der Waals surface area contributed by atoms with Gasteiger partial charge in [-0.2, -0.15) is 0 Å². The first-order valence-electron chi connectivity index (χ1n) is 3.56. The SMILES string of the molecule is OC[C@H](O)[C@H]1O[C@@H](O)[C@@H](O)[C@@H]1O. The molecule has 6 nitrogen and oxygen atoms in total. The van der Waals surface area contributed by atoms with Crippen LogP contribution in [0.3, 0.4) is 0 Å². The third-order valence-electron chi connectivity index (χ3n) is 1.84. The van der Waals surface area contributed by atoms with E-state index in [1.165, 1.54) is 0 Å². The normalized spacial score (nSPS) is 44.8. The topological polar surface area (TPSA) is 110 Å². The Hall–Kier alpha value is -0.240. The van der Waals surface area contributed by atoms with Gasteiger partial charge in [0, 0.05) is 0 Å². The minimum atomic E-state index is -1.51. The van der Waals surface area contributed by atoms with Crippen molar-refractivity contribution in [3.63, 3.8) is 0 Å². The summed E-state index contributed by atoms with van der Waals surface area (Å²) in [6.45, 7) is -0.596. The maximum Gasteiger partial charge on any atom is 0.184 e. The van der Waals surface area contributed by atoms with Gasteiger partial charge in [0.05, 0.1) is 6.61 Å². The average molecular weight is 180 g/mol. The maximum atomic E-state index is 9.12. The van der Waals surface area contributed by atoms with E-state index in [1.807, 2.05) is 0 Å². The molecule has 5 atom stereocenters. The standard InChI is InChI=1S/C6H12O6/c7-1-2(8)5-3(9)4(10)6(11)12-5/h2-11H,1H2/t2-,3-,4-,5+,6+/m0/s1. The van der Waals surface area contributed by atoms with Gasteiger partial charge in [-0.25, -0.2) is 0 Å². The molecule has 12 heavy (non-hydrogen) atoms. The molecule has 0 aromatic heterocycles. The van der Waals surface area contributed by atoms with Crippen molar-refractivity contribution in [1.82, 2.24) is 0 Å². The summed E-state index contributed by atoms with van der Waals surface area (Å²) in [6.07, 6.45) is -6.75. The first-order chi connectivity index (χ1) is 5.57. The summed E-state index contributed by atoms with van der Waals surface area (Å²) >= 11 is 0. The molecule has 6 heteroatoms. The third-order valence-corrected chi connectivity index (χ3v) is 1.84. The molecule has 1 fully saturated rings. The molecule has 72 valence electrons. The Morgan fingerprint density at radius 3 is 2.08 bits per heavy atom. The number of aliphatic hydroxyl groups is 5. The Balaban J connectivity index is 2.58. The van der Waals surface area contributed by atoms with Crippen LogP contribution in [0, 0.1) is 0 Å². The lowest BCUT2D eigenvalue weighted by Crippen LogP contribution is -2.40. The predicted octanol–water partition coefficient (Wildman–Crippen LogP) is -3.22. The van der Waals surface area contributed by atoms with Gasteiger partial charge in [0.15, 0.2) is 6.29 Å². The van der Waals surface area contributed by atoms with Crippen molar-refractivity contribution >= 4 is 0 Å². The molecule has 0 aromatic carbocycles. The summed E-state index contributed by atoms with van der Waals surface area (Å²) in [5.41, 5.74) is 0. The Kier molecular flexibility index (Phi) is 2.99. The summed E-state index contributed by atoms with van der Waals surface area (Å²) in [5.74, 6) is 0. The minimum Gasteiger partial charge on any atom is -0.394 e. The van der Waals surface area contributed by atoms with E-state index >= 15 is 0 Å². The van der Waals surface area contributed by atoms with E-state index in [9.17, 15) is 0 Å². The van der Waals surface area contributed by atoms with E-state index in [4.69, 9.17) is 25.5 Å². The average Bonchev–Trinajstić information content (AvgIpc) is 2.32. The molecule has 0 amide bonds. The summed E-state index contributed by atoms with van der Waals surface area (Å²) < 4.78 is 4.58. The highest BCUT2D eigenvalue weighted by atomic mass is 16.6. The van der Waals surface area contributed by atoms with Gasteiger partial charge >= 0.3 is 0 Å². The van der Waals surface area contributed by atoms with E-state index in [0.717, 1.165) is 0 Å². The number of rotatable bonds is 2. The molecule has 0 aromatic rings. The Morgan fingerprint density at radius 1 is 1.17 bits per heavy atom. The van der Waals surface area contributed by atoms with Crippen LogP contribution in [0.25, 0.3) is 0 Å². The molecule has 0 unspecified atom stereocenters. The van der Waals surface area contributed by atoms with Gasteiger partial charge in [-0.15, -0.1) is 0 Å². The van der Waals surface area contributed by atoms with Crippen LogP contribution < -0.4 is 0 Å². The molecule has 1 rings (SSSR count). The summed E-state index contributed by atoms with van der Waals surface area (Å²) in [6, 6.07) is 0. The molecule has 5 N–H and O–H groups in total. The van der Waals surface area contributed by atoms with Crippen molar-refractivity contribution in [2.75, 3.05) is 6.61 Å². The third kappa shape index (κ3) is 1.58. The van der Waals surface area contributed by atoms with Crippen molar-refractivity contribution in [3.8, 4) is 0 Å². The van der Waals surface area contributed by atoms with Crippen LogP contribution in [0.1, 0.15) is 0 Å². The van der Waals surface area contributed by atoms with E-state index in [1.54, 1.807) is 0 Å². The van der Waals surface area contributed by atoms with Crippen molar-refractivity contribution in [1.29, 1.82) is 0 Å². The second-order valence-corrected chi connectivity index (χ2v) is 2.72. The lowest BCUT2D eigenvalue weighted by molar-refractivity contribution is -0.150. The van der Waals surface area contributed by atoms with Gasteiger partial charge in [0.25, 0.3) is 0 Å². The second kappa shape index (κ2) is 3.65. The van der Waals surface area contributed by atoms with Crippen molar-refractivity contribution in [3.05, 3.63) is 0 Å². The zero-order valence-corrected chi connectivity index (χ0v) is 6.24. The largest absolute Gasteiger partial charge is 0.394 e. The zero-order valence-electron chi connectivity index (χ0n) is 6.24.